The van der Waals surface area contributed by atoms with Crippen molar-refractivity contribution >= 4 is 17.3 Å². The Labute approximate surface area is 112 Å². The number of benzene rings is 1. The normalized spacial score (nSPS) is 11.7. The predicted octanol–water partition coefficient (Wildman–Crippen LogP) is 3.21. The van der Waals surface area contributed by atoms with E-state index >= 15 is 0 Å². The molecule has 98 valence electrons. The summed E-state index contributed by atoms with van der Waals surface area (Å²) in [6.07, 6.45) is 3.56. The molecule has 0 aliphatic carbocycles. The van der Waals surface area contributed by atoms with Crippen molar-refractivity contribution in [3.63, 3.8) is 0 Å². The Morgan fingerprint density at radius 2 is 1.84 bits per heavy atom. The molecule has 1 atom stereocenters. The lowest BCUT2D eigenvalue weighted by molar-refractivity contribution is -0.114. The van der Waals surface area contributed by atoms with Gasteiger partial charge in [0.2, 0.25) is 5.91 Å². The third-order valence-corrected chi connectivity index (χ3v) is 2.77. The second-order valence-electron chi connectivity index (χ2n) is 4.41. The molecule has 1 aromatic heterocycles. The van der Waals surface area contributed by atoms with Crippen molar-refractivity contribution in [1.29, 1.82) is 0 Å². The zero-order valence-electron chi connectivity index (χ0n) is 11.1. The highest BCUT2D eigenvalue weighted by atomic mass is 16.1. The van der Waals surface area contributed by atoms with Crippen LogP contribution in [0.4, 0.5) is 11.4 Å². The van der Waals surface area contributed by atoms with Crippen LogP contribution in [0.1, 0.15) is 25.5 Å². The van der Waals surface area contributed by atoms with Crippen LogP contribution in [-0.4, -0.2) is 10.9 Å². The summed E-state index contributed by atoms with van der Waals surface area (Å²) in [4.78, 5) is 15.0. The fourth-order valence-electron chi connectivity index (χ4n) is 1.88. The molecule has 0 bridgehead atoms. The SMILES string of the molecule is CC(=O)Nc1cccc(NC(C)c2ccncc2)c1. The maximum atomic E-state index is 11.0. The molecule has 1 heterocycles. The van der Waals surface area contributed by atoms with E-state index in [1.165, 1.54) is 12.5 Å². The molecule has 1 aromatic carbocycles. The van der Waals surface area contributed by atoms with Gasteiger partial charge in [0.15, 0.2) is 0 Å². The van der Waals surface area contributed by atoms with Gasteiger partial charge in [-0.2, -0.15) is 0 Å². The summed E-state index contributed by atoms with van der Waals surface area (Å²) in [6, 6.07) is 11.8. The van der Waals surface area contributed by atoms with Crippen LogP contribution < -0.4 is 10.6 Å². The molecule has 0 radical (unpaired) electrons. The lowest BCUT2D eigenvalue weighted by atomic mass is 10.1. The van der Waals surface area contributed by atoms with Gasteiger partial charge in [-0.1, -0.05) is 6.07 Å². The number of aromatic nitrogens is 1. The molecule has 0 saturated carbocycles. The molecular weight excluding hydrogens is 238 g/mol. The van der Waals surface area contributed by atoms with Crippen LogP contribution in [-0.2, 0) is 4.79 Å². The number of hydrogen-bond acceptors (Lipinski definition) is 3. The zero-order chi connectivity index (χ0) is 13.7. The molecule has 4 nitrogen and oxygen atoms in total. The lowest BCUT2D eigenvalue weighted by Gasteiger charge is -2.16. The molecule has 2 N–H and O–H groups in total. The zero-order valence-corrected chi connectivity index (χ0v) is 11.1. The summed E-state index contributed by atoms with van der Waals surface area (Å²) in [7, 11) is 0. The number of anilines is 2. The Bertz CT molecular complexity index is 554. The molecule has 0 fully saturated rings. The Morgan fingerprint density at radius 3 is 2.53 bits per heavy atom. The summed E-state index contributed by atoms with van der Waals surface area (Å²) >= 11 is 0. The number of nitrogens with one attached hydrogen (secondary N) is 2. The molecule has 19 heavy (non-hydrogen) atoms. The van der Waals surface area contributed by atoms with Gasteiger partial charge in [0.25, 0.3) is 0 Å². The van der Waals surface area contributed by atoms with E-state index in [1.54, 1.807) is 12.4 Å². The summed E-state index contributed by atoms with van der Waals surface area (Å²) in [5.41, 5.74) is 2.93. The molecule has 1 unspecified atom stereocenters. The third-order valence-electron chi connectivity index (χ3n) is 2.77. The van der Waals surface area contributed by atoms with Gasteiger partial charge in [-0.15, -0.1) is 0 Å². The van der Waals surface area contributed by atoms with Crippen LogP contribution in [0.3, 0.4) is 0 Å². The van der Waals surface area contributed by atoms with Gasteiger partial charge in [-0.25, -0.2) is 0 Å². The molecule has 0 aliphatic rings. The predicted molar refractivity (Wildman–Crippen MR) is 77.0 cm³/mol. The lowest BCUT2D eigenvalue weighted by Crippen LogP contribution is -2.08. The van der Waals surface area contributed by atoms with Gasteiger partial charge >= 0.3 is 0 Å². The van der Waals surface area contributed by atoms with E-state index < -0.39 is 0 Å². The van der Waals surface area contributed by atoms with E-state index in [1.807, 2.05) is 36.4 Å². The molecule has 0 saturated heterocycles. The molecule has 1 amide bonds. The maximum Gasteiger partial charge on any atom is 0.221 e. The average molecular weight is 255 g/mol. The Morgan fingerprint density at radius 1 is 1.16 bits per heavy atom. The highest BCUT2D eigenvalue weighted by molar-refractivity contribution is 5.89. The maximum absolute atomic E-state index is 11.0. The van der Waals surface area contributed by atoms with E-state index in [-0.39, 0.29) is 11.9 Å². The first-order valence-corrected chi connectivity index (χ1v) is 6.19. The molecular formula is C15H17N3O. The van der Waals surface area contributed by atoms with Crippen LogP contribution in [0.25, 0.3) is 0 Å². The van der Waals surface area contributed by atoms with Crippen LogP contribution in [0.2, 0.25) is 0 Å². The van der Waals surface area contributed by atoms with Gasteiger partial charge in [-0.05, 0) is 42.8 Å². The van der Waals surface area contributed by atoms with Gasteiger partial charge in [0, 0.05) is 36.7 Å². The van der Waals surface area contributed by atoms with Crippen molar-refractivity contribution < 1.29 is 4.79 Å². The smallest absolute Gasteiger partial charge is 0.221 e. The molecule has 4 heteroatoms. The highest BCUT2D eigenvalue weighted by Crippen LogP contribution is 2.21. The minimum absolute atomic E-state index is 0.0701. The van der Waals surface area contributed by atoms with Crippen LogP contribution in [0.5, 0.6) is 0 Å². The second-order valence-corrected chi connectivity index (χ2v) is 4.41. The van der Waals surface area contributed by atoms with Crippen molar-refractivity contribution in [2.24, 2.45) is 0 Å². The van der Waals surface area contributed by atoms with Crippen molar-refractivity contribution in [3.8, 4) is 0 Å². The molecule has 2 rings (SSSR count). The number of rotatable bonds is 4. The summed E-state index contributed by atoms with van der Waals surface area (Å²) in [6.45, 7) is 3.58. The van der Waals surface area contributed by atoms with Crippen LogP contribution >= 0.6 is 0 Å². The van der Waals surface area contributed by atoms with Gasteiger partial charge in [0.1, 0.15) is 0 Å². The first-order chi connectivity index (χ1) is 9.15. The first-order valence-electron chi connectivity index (χ1n) is 6.19. The van der Waals surface area contributed by atoms with Crippen molar-refractivity contribution in [1.82, 2.24) is 4.98 Å². The van der Waals surface area contributed by atoms with Gasteiger partial charge in [-0.3, -0.25) is 9.78 Å². The van der Waals surface area contributed by atoms with E-state index in [4.69, 9.17) is 0 Å². The van der Waals surface area contributed by atoms with E-state index in [0.717, 1.165) is 11.4 Å². The number of hydrogen-bond donors (Lipinski definition) is 2. The summed E-state index contributed by atoms with van der Waals surface area (Å²) in [5, 5.41) is 6.16. The van der Waals surface area contributed by atoms with Crippen molar-refractivity contribution in [3.05, 3.63) is 54.4 Å². The third kappa shape index (κ3) is 3.81. The second kappa shape index (κ2) is 6.00. The molecule has 0 spiro atoms. The van der Waals surface area contributed by atoms with Crippen LogP contribution in [0, 0.1) is 0 Å². The van der Waals surface area contributed by atoms with Crippen molar-refractivity contribution in [2.45, 2.75) is 19.9 Å². The minimum atomic E-state index is -0.0701. The fourth-order valence-corrected chi connectivity index (χ4v) is 1.88. The van der Waals surface area contributed by atoms with E-state index in [2.05, 4.69) is 22.5 Å². The number of carbonyl (C=O) groups is 1. The number of carbonyl (C=O) groups excluding carboxylic acids is 1. The monoisotopic (exact) mass is 255 g/mol. The fraction of sp³-hybridized carbons (Fsp3) is 0.200. The minimum Gasteiger partial charge on any atom is -0.378 e. The molecule has 0 aliphatic heterocycles. The summed E-state index contributed by atoms with van der Waals surface area (Å²) in [5.74, 6) is -0.0701. The van der Waals surface area contributed by atoms with Crippen LogP contribution in [0.15, 0.2) is 48.8 Å². The number of amides is 1. The van der Waals surface area contributed by atoms with E-state index in [0.29, 0.717) is 0 Å². The Kier molecular flexibility index (Phi) is 4.13. The highest BCUT2D eigenvalue weighted by Gasteiger charge is 2.05. The Balaban J connectivity index is 2.08. The number of pyridine rings is 1. The quantitative estimate of drug-likeness (QED) is 0.882. The molecule has 2 aromatic rings. The number of nitrogens with zero attached hydrogens (tertiary/aromatic N) is 1. The van der Waals surface area contributed by atoms with Gasteiger partial charge in [0.05, 0.1) is 0 Å². The summed E-state index contributed by atoms with van der Waals surface area (Å²) < 4.78 is 0. The average Bonchev–Trinajstić information content (AvgIpc) is 2.39. The van der Waals surface area contributed by atoms with Crippen molar-refractivity contribution in [2.75, 3.05) is 10.6 Å². The topological polar surface area (TPSA) is 54.0 Å². The largest absolute Gasteiger partial charge is 0.378 e. The standard InChI is InChI=1S/C15H17N3O/c1-11(13-6-8-16-9-7-13)17-14-4-3-5-15(10-14)18-12(2)19/h3-11,17H,1-2H3,(H,18,19). The first kappa shape index (κ1) is 13.1. The Hall–Kier alpha value is -2.36. The van der Waals surface area contributed by atoms with Gasteiger partial charge < -0.3 is 10.6 Å². The van der Waals surface area contributed by atoms with E-state index in [9.17, 15) is 4.79 Å².